The molecule has 98 heavy (non-hydrogen) atoms. The van der Waals surface area contributed by atoms with Crippen LogP contribution in [0.2, 0.25) is 0 Å². The van der Waals surface area contributed by atoms with E-state index in [-0.39, 0.29) is 25.7 Å². The van der Waals surface area contributed by atoms with Gasteiger partial charge in [-0.25, -0.2) is 9.13 Å². The highest BCUT2D eigenvalue weighted by Gasteiger charge is 2.30. The number of carbonyl (C=O) groups is 4. The normalized spacial score (nSPS) is 14.3. The summed E-state index contributed by atoms with van der Waals surface area (Å²) in [5.41, 5.74) is 0. The lowest BCUT2D eigenvalue weighted by molar-refractivity contribution is -0.161. The van der Waals surface area contributed by atoms with Gasteiger partial charge in [0.15, 0.2) is 12.2 Å². The minimum absolute atomic E-state index is 0.105. The maximum Gasteiger partial charge on any atom is 0.472 e. The van der Waals surface area contributed by atoms with Crippen LogP contribution in [0.15, 0.2) is 0 Å². The summed E-state index contributed by atoms with van der Waals surface area (Å²) in [5.74, 6) is 0.122. The molecular weight excluding hydrogens is 1280 g/mol. The van der Waals surface area contributed by atoms with Crippen LogP contribution in [0.25, 0.3) is 0 Å². The number of aliphatic hydroxyl groups is 1. The van der Waals surface area contributed by atoms with Gasteiger partial charge in [0.1, 0.15) is 19.3 Å². The van der Waals surface area contributed by atoms with Gasteiger partial charge in [0.25, 0.3) is 0 Å². The summed E-state index contributed by atoms with van der Waals surface area (Å²) in [5, 5.41) is 10.6. The van der Waals surface area contributed by atoms with Gasteiger partial charge >= 0.3 is 39.5 Å². The zero-order valence-electron chi connectivity index (χ0n) is 64.3. The van der Waals surface area contributed by atoms with Crippen LogP contribution in [0, 0.1) is 17.8 Å². The SMILES string of the molecule is CCCCCCCCCCCCCCCCCCCCCCCCC(=O)O[C@H](COC(=O)CCCCCCCCCCCCC(C)CC)COP(=O)(O)OC[C@@H](O)COP(=O)(O)OC[C@@H](COC(=O)CCCCCCCCC(C)C)OC(=O)CCCCCCCCCCCCC(C)C. The van der Waals surface area contributed by atoms with E-state index in [0.29, 0.717) is 31.6 Å². The van der Waals surface area contributed by atoms with Crippen molar-refractivity contribution in [3.8, 4) is 0 Å². The van der Waals surface area contributed by atoms with Crippen LogP contribution in [0.1, 0.15) is 408 Å². The molecule has 0 aromatic rings. The molecule has 0 saturated carbocycles. The van der Waals surface area contributed by atoms with Crippen molar-refractivity contribution in [1.82, 2.24) is 0 Å². The second-order valence-electron chi connectivity index (χ2n) is 29.6. The first-order valence-corrected chi connectivity index (χ1v) is 43.9. The predicted octanol–water partition coefficient (Wildman–Crippen LogP) is 23.4. The summed E-state index contributed by atoms with van der Waals surface area (Å²) in [7, 11) is -9.92. The number of rotatable bonds is 77. The third-order valence-electron chi connectivity index (χ3n) is 18.7. The minimum atomic E-state index is -4.96. The Morgan fingerprint density at radius 2 is 0.520 bits per heavy atom. The van der Waals surface area contributed by atoms with Gasteiger partial charge < -0.3 is 33.8 Å². The molecule has 0 bridgehead atoms. The molecule has 0 aromatic carbocycles. The van der Waals surface area contributed by atoms with Crippen LogP contribution in [0.5, 0.6) is 0 Å². The molecule has 0 fully saturated rings. The van der Waals surface area contributed by atoms with Gasteiger partial charge in [0.2, 0.25) is 0 Å². The van der Waals surface area contributed by atoms with E-state index in [9.17, 15) is 43.2 Å². The Labute approximate surface area is 600 Å². The van der Waals surface area contributed by atoms with E-state index >= 15 is 0 Å². The fraction of sp³-hybridized carbons (Fsp3) is 0.949. The molecule has 17 nitrogen and oxygen atoms in total. The highest BCUT2D eigenvalue weighted by atomic mass is 31.2. The van der Waals surface area contributed by atoms with Crippen LogP contribution in [0.3, 0.4) is 0 Å². The van der Waals surface area contributed by atoms with Gasteiger partial charge in [-0.15, -0.1) is 0 Å². The second kappa shape index (κ2) is 69.4. The van der Waals surface area contributed by atoms with E-state index in [2.05, 4.69) is 48.5 Å². The number of phosphoric acid groups is 2. The fourth-order valence-corrected chi connectivity index (χ4v) is 13.7. The molecule has 0 aromatic heterocycles. The van der Waals surface area contributed by atoms with Gasteiger partial charge in [-0.1, -0.05) is 357 Å². The topological polar surface area (TPSA) is 237 Å². The quantitative estimate of drug-likeness (QED) is 0.0222. The lowest BCUT2D eigenvalue weighted by atomic mass is 9.99. The average molecular weight is 1440 g/mol. The predicted molar refractivity (Wildman–Crippen MR) is 400 cm³/mol. The molecule has 0 aliphatic rings. The van der Waals surface area contributed by atoms with E-state index in [4.69, 9.17) is 37.0 Å². The molecule has 0 spiro atoms. The van der Waals surface area contributed by atoms with Crippen molar-refractivity contribution in [1.29, 1.82) is 0 Å². The van der Waals surface area contributed by atoms with Crippen LogP contribution >= 0.6 is 15.6 Å². The van der Waals surface area contributed by atoms with E-state index in [1.165, 1.54) is 212 Å². The number of hydrogen-bond acceptors (Lipinski definition) is 15. The fourth-order valence-electron chi connectivity index (χ4n) is 12.1. The molecule has 3 unspecified atom stereocenters. The first-order valence-electron chi connectivity index (χ1n) is 40.9. The van der Waals surface area contributed by atoms with Crippen molar-refractivity contribution in [2.24, 2.45) is 17.8 Å². The number of aliphatic hydroxyl groups excluding tert-OH is 1. The Morgan fingerprint density at radius 3 is 0.776 bits per heavy atom. The number of esters is 4. The summed E-state index contributed by atoms with van der Waals surface area (Å²) in [6.45, 7) is 11.8. The maximum absolute atomic E-state index is 13.1. The zero-order chi connectivity index (χ0) is 72.3. The van der Waals surface area contributed by atoms with Crippen LogP contribution in [-0.4, -0.2) is 96.7 Å². The van der Waals surface area contributed by atoms with Crippen molar-refractivity contribution in [3.63, 3.8) is 0 Å². The van der Waals surface area contributed by atoms with Crippen molar-refractivity contribution in [3.05, 3.63) is 0 Å². The number of carbonyl (C=O) groups excluding carboxylic acids is 4. The smallest absolute Gasteiger partial charge is 0.462 e. The van der Waals surface area contributed by atoms with Crippen LogP contribution in [-0.2, 0) is 65.4 Å². The standard InChI is InChI=1S/C79H154O17P2/c1-8-10-11-12-13-14-15-16-17-18-19-20-21-22-23-24-25-26-34-39-48-55-62-78(83)95-74(66-89-76(81)60-53-46-38-33-30-28-32-37-45-52-59-72(7)9-2)68-93-97(85,86)91-64-73(80)65-92-98(87,88)94-69-75(67-90-77(82)61-54-47-42-41-44-51-58-71(5)6)96-79(84)63-56-49-40-35-29-27-31-36-43-50-57-70(3)4/h70-75,80H,8-69H2,1-7H3,(H,85,86)(H,87,88)/t72?,73-,74-,75-/m1/s1. The zero-order valence-corrected chi connectivity index (χ0v) is 66.0. The summed E-state index contributed by atoms with van der Waals surface area (Å²) in [6, 6.07) is 0. The Bertz CT molecular complexity index is 1910. The molecule has 0 saturated heterocycles. The molecule has 6 atom stereocenters. The molecule has 0 amide bonds. The number of ether oxygens (including phenoxy) is 4. The monoisotopic (exact) mass is 1440 g/mol. The molecule has 0 radical (unpaired) electrons. The highest BCUT2D eigenvalue weighted by Crippen LogP contribution is 2.45. The Balaban J connectivity index is 5.19. The molecular formula is C79H154O17P2. The van der Waals surface area contributed by atoms with Crippen molar-refractivity contribution < 1.29 is 80.2 Å². The Hall–Kier alpha value is -1.94. The summed E-state index contributed by atoms with van der Waals surface area (Å²) in [4.78, 5) is 72.9. The number of phosphoric ester groups is 2. The molecule has 582 valence electrons. The average Bonchev–Trinajstić information content (AvgIpc) is 0.979. The maximum atomic E-state index is 13.1. The number of unbranched alkanes of at least 4 members (excludes halogenated alkanes) is 44. The first kappa shape index (κ1) is 96.1. The lowest BCUT2D eigenvalue weighted by Gasteiger charge is -2.21. The third-order valence-corrected chi connectivity index (χ3v) is 20.6. The van der Waals surface area contributed by atoms with Gasteiger partial charge in [0.05, 0.1) is 26.4 Å². The van der Waals surface area contributed by atoms with Crippen LogP contribution < -0.4 is 0 Å². The Kier molecular flexibility index (Phi) is 68.1. The van der Waals surface area contributed by atoms with E-state index in [1.807, 2.05) is 0 Å². The second-order valence-corrected chi connectivity index (χ2v) is 32.6. The van der Waals surface area contributed by atoms with Gasteiger partial charge in [-0.2, -0.15) is 0 Å². The Morgan fingerprint density at radius 1 is 0.296 bits per heavy atom. The largest absolute Gasteiger partial charge is 0.472 e. The van der Waals surface area contributed by atoms with E-state index in [0.717, 1.165) is 108 Å². The third kappa shape index (κ3) is 71.1. The molecule has 0 rings (SSSR count). The molecule has 3 N–H and O–H groups in total. The molecule has 0 aliphatic heterocycles. The molecule has 0 heterocycles. The van der Waals surface area contributed by atoms with Gasteiger partial charge in [-0.3, -0.25) is 37.3 Å². The van der Waals surface area contributed by atoms with Gasteiger partial charge in [0, 0.05) is 25.7 Å². The summed E-state index contributed by atoms with van der Waals surface area (Å²) < 4.78 is 68.6. The highest BCUT2D eigenvalue weighted by molar-refractivity contribution is 7.47. The lowest BCUT2D eigenvalue weighted by Crippen LogP contribution is -2.30. The van der Waals surface area contributed by atoms with Crippen LogP contribution in [0.4, 0.5) is 0 Å². The van der Waals surface area contributed by atoms with E-state index < -0.39 is 97.5 Å². The molecule has 19 heteroatoms. The van der Waals surface area contributed by atoms with E-state index in [1.54, 1.807) is 0 Å². The summed E-state index contributed by atoms with van der Waals surface area (Å²) in [6.07, 6.45) is 57.2. The minimum Gasteiger partial charge on any atom is -0.462 e. The molecule has 0 aliphatic carbocycles. The number of hydrogen-bond donors (Lipinski definition) is 3. The van der Waals surface area contributed by atoms with Crippen molar-refractivity contribution in [2.45, 2.75) is 426 Å². The van der Waals surface area contributed by atoms with Gasteiger partial charge in [-0.05, 0) is 43.4 Å². The van der Waals surface area contributed by atoms with Crippen molar-refractivity contribution in [2.75, 3.05) is 39.6 Å². The first-order chi connectivity index (χ1) is 47.3. The summed E-state index contributed by atoms with van der Waals surface area (Å²) >= 11 is 0. The van der Waals surface area contributed by atoms with Crippen molar-refractivity contribution >= 4 is 39.5 Å².